The lowest BCUT2D eigenvalue weighted by Crippen LogP contribution is -2.45. The molecule has 3 aromatic rings. The number of ether oxygens (including phenoxy) is 1. The van der Waals surface area contributed by atoms with Crippen molar-refractivity contribution >= 4 is 15.7 Å². The van der Waals surface area contributed by atoms with Gasteiger partial charge in [0, 0.05) is 13.1 Å². The summed E-state index contributed by atoms with van der Waals surface area (Å²) in [6, 6.07) is 11.6. The normalized spacial score (nSPS) is 20.7. The fourth-order valence-electron chi connectivity index (χ4n) is 3.23. The van der Waals surface area contributed by atoms with Gasteiger partial charge >= 0.3 is 0 Å². The number of morpholine rings is 1. The molecule has 0 amide bonds. The number of hydrogen-bond acceptors (Lipinski definition) is 7. The highest BCUT2D eigenvalue weighted by Crippen LogP contribution is 2.35. The maximum atomic E-state index is 13.2. The van der Waals surface area contributed by atoms with Crippen LogP contribution in [0.3, 0.4) is 0 Å². The molecule has 0 spiro atoms. The lowest BCUT2D eigenvalue weighted by atomic mass is 10.2. The number of furan rings is 1. The SMILES string of the molecule is C[C@@H]1CN(c2oc(-c3ccco3)nc2S(=O)(=O)c2ccccc2)C[C@@H](C)O1. The maximum absolute atomic E-state index is 13.2. The summed E-state index contributed by atoms with van der Waals surface area (Å²) in [5, 5.41) is -0.110. The molecule has 7 nitrogen and oxygen atoms in total. The van der Waals surface area contributed by atoms with Crippen LogP contribution in [0.2, 0.25) is 0 Å². The summed E-state index contributed by atoms with van der Waals surface area (Å²) >= 11 is 0. The van der Waals surface area contributed by atoms with Crippen LogP contribution in [0.4, 0.5) is 5.88 Å². The van der Waals surface area contributed by atoms with E-state index in [-0.39, 0.29) is 33.9 Å². The molecule has 0 aliphatic carbocycles. The first-order valence-corrected chi connectivity index (χ1v) is 10.2. The molecule has 0 radical (unpaired) electrons. The Morgan fingerprint density at radius 1 is 1.04 bits per heavy atom. The highest BCUT2D eigenvalue weighted by atomic mass is 32.2. The van der Waals surface area contributed by atoms with E-state index in [9.17, 15) is 8.42 Å². The molecule has 1 saturated heterocycles. The Balaban J connectivity index is 1.84. The van der Waals surface area contributed by atoms with E-state index in [2.05, 4.69) is 4.98 Å². The lowest BCUT2D eigenvalue weighted by molar-refractivity contribution is -0.00657. The molecule has 27 heavy (non-hydrogen) atoms. The number of benzene rings is 1. The zero-order valence-corrected chi connectivity index (χ0v) is 15.8. The number of sulfone groups is 1. The molecule has 1 fully saturated rings. The standard InChI is InChI=1S/C19H20N2O5S/c1-13-11-21(12-14(2)25-13)19-18(20-17(26-19)16-9-6-10-24-16)27(22,23)15-7-4-3-5-8-15/h3-10,13-14H,11-12H2,1-2H3/t13-,14-/m1/s1. The first kappa shape index (κ1) is 17.8. The molecule has 8 heteroatoms. The summed E-state index contributed by atoms with van der Waals surface area (Å²) in [6.07, 6.45) is 1.38. The van der Waals surface area contributed by atoms with Gasteiger partial charge in [0.05, 0.1) is 23.4 Å². The van der Waals surface area contributed by atoms with Crippen LogP contribution in [0.15, 0.2) is 67.5 Å². The average molecular weight is 388 g/mol. The van der Waals surface area contributed by atoms with Crippen LogP contribution in [-0.2, 0) is 14.6 Å². The molecule has 0 bridgehead atoms. The number of hydrogen-bond donors (Lipinski definition) is 0. The summed E-state index contributed by atoms with van der Waals surface area (Å²) in [5.41, 5.74) is 0. The van der Waals surface area contributed by atoms with Gasteiger partial charge in [0.1, 0.15) is 0 Å². The Bertz CT molecular complexity index is 1000. The van der Waals surface area contributed by atoms with Crippen molar-refractivity contribution in [3.63, 3.8) is 0 Å². The van der Waals surface area contributed by atoms with Crippen LogP contribution in [0.1, 0.15) is 13.8 Å². The summed E-state index contributed by atoms with van der Waals surface area (Å²) in [7, 11) is -3.85. The van der Waals surface area contributed by atoms with E-state index in [0.717, 1.165) is 0 Å². The monoisotopic (exact) mass is 388 g/mol. The number of nitrogens with zero attached hydrogens (tertiary/aromatic N) is 2. The highest BCUT2D eigenvalue weighted by molar-refractivity contribution is 7.91. The number of oxazole rings is 1. The van der Waals surface area contributed by atoms with Crippen LogP contribution in [-0.4, -0.2) is 38.7 Å². The predicted octanol–water partition coefficient (Wildman–Crippen LogP) is 3.38. The smallest absolute Gasteiger partial charge is 0.266 e. The molecule has 0 saturated carbocycles. The van der Waals surface area contributed by atoms with E-state index >= 15 is 0 Å². The third-order valence-electron chi connectivity index (χ3n) is 4.33. The van der Waals surface area contributed by atoms with Gasteiger partial charge in [0.25, 0.3) is 5.89 Å². The van der Waals surface area contributed by atoms with Gasteiger partial charge in [0.2, 0.25) is 20.7 Å². The van der Waals surface area contributed by atoms with Gasteiger partial charge in [-0.2, -0.15) is 4.98 Å². The quantitative estimate of drug-likeness (QED) is 0.677. The van der Waals surface area contributed by atoms with E-state index in [1.807, 2.05) is 18.7 Å². The van der Waals surface area contributed by atoms with Gasteiger partial charge in [-0.05, 0) is 38.1 Å². The molecule has 4 rings (SSSR count). The summed E-state index contributed by atoms with van der Waals surface area (Å²) < 4.78 is 43.5. The number of anilines is 1. The van der Waals surface area contributed by atoms with Gasteiger partial charge in [-0.15, -0.1) is 0 Å². The molecule has 0 unspecified atom stereocenters. The number of rotatable bonds is 4. The minimum absolute atomic E-state index is 0.0572. The fraction of sp³-hybridized carbons (Fsp3) is 0.316. The Hall–Kier alpha value is -2.58. The van der Waals surface area contributed by atoms with Crippen LogP contribution < -0.4 is 4.90 Å². The molecule has 2 atom stereocenters. The van der Waals surface area contributed by atoms with Gasteiger partial charge in [-0.25, -0.2) is 8.42 Å². The van der Waals surface area contributed by atoms with Crippen molar-refractivity contribution in [2.24, 2.45) is 0 Å². The second-order valence-electron chi connectivity index (χ2n) is 6.59. The number of aromatic nitrogens is 1. The third kappa shape index (κ3) is 3.38. The first-order chi connectivity index (χ1) is 12.9. The van der Waals surface area contributed by atoms with E-state index in [1.165, 1.54) is 6.26 Å². The topological polar surface area (TPSA) is 85.8 Å². The van der Waals surface area contributed by atoms with Crippen LogP contribution in [0, 0.1) is 0 Å². The lowest BCUT2D eigenvalue weighted by Gasteiger charge is -2.35. The summed E-state index contributed by atoms with van der Waals surface area (Å²) in [5.74, 6) is 0.726. The zero-order valence-electron chi connectivity index (χ0n) is 15.0. The summed E-state index contributed by atoms with van der Waals surface area (Å²) in [6.45, 7) is 4.90. The van der Waals surface area contributed by atoms with Crippen molar-refractivity contribution in [3.05, 3.63) is 48.7 Å². The molecule has 142 valence electrons. The molecule has 2 aromatic heterocycles. The molecule has 3 heterocycles. The van der Waals surface area contributed by atoms with Crippen molar-refractivity contribution < 1.29 is 22.0 Å². The largest absolute Gasteiger partial charge is 0.459 e. The van der Waals surface area contributed by atoms with E-state index in [0.29, 0.717) is 18.8 Å². The van der Waals surface area contributed by atoms with Gasteiger partial charge in [0.15, 0.2) is 5.76 Å². The maximum Gasteiger partial charge on any atom is 0.266 e. The Morgan fingerprint density at radius 3 is 2.37 bits per heavy atom. The van der Waals surface area contributed by atoms with Gasteiger partial charge in [-0.3, -0.25) is 0 Å². The summed E-state index contributed by atoms with van der Waals surface area (Å²) in [4.78, 5) is 6.33. The highest BCUT2D eigenvalue weighted by Gasteiger charge is 2.34. The Morgan fingerprint density at radius 2 is 1.74 bits per heavy atom. The molecular formula is C19H20N2O5S. The minimum atomic E-state index is -3.85. The molecule has 1 aliphatic heterocycles. The van der Waals surface area contributed by atoms with Crippen molar-refractivity contribution in [1.29, 1.82) is 0 Å². The van der Waals surface area contributed by atoms with Crippen molar-refractivity contribution in [2.75, 3.05) is 18.0 Å². The average Bonchev–Trinajstić information content (AvgIpc) is 3.31. The fourth-order valence-corrected chi connectivity index (χ4v) is 4.58. The molecule has 1 aliphatic rings. The Kier molecular flexibility index (Phi) is 4.53. The second-order valence-corrected chi connectivity index (χ2v) is 8.45. The van der Waals surface area contributed by atoms with E-state index in [4.69, 9.17) is 13.6 Å². The van der Waals surface area contributed by atoms with E-state index < -0.39 is 9.84 Å². The minimum Gasteiger partial charge on any atom is -0.459 e. The third-order valence-corrected chi connectivity index (χ3v) is 5.99. The van der Waals surface area contributed by atoms with Crippen molar-refractivity contribution in [1.82, 2.24) is 4.98 Å². The second kappa shape index (κ2) is 6.86. The molecular weight excluding hydrogens is 368 g/mol. The molecule has 0 N–H and O–H groups in total. The van der Waals surface area contributed by atoms with E-state index in [1.54, 1.807) is 42.5 Å². The molecule has 1 aromatic carbocycles. The van der Waals surface area contributed by atoms with Gasteiger partial charge in [-0.1, -0.05) is 18.2 Å². The predicted molar refractivity (Wildman–Crippen MR) is 98.3 cm³/mol. The van der Waals surface area contributed by atoms with Crippen LogP contribution in [0.5, 0.6) is 0 Å². The van der Waals surface area contributed by atoms with Gasteiger partial charge < -0.3 is 18.5 Å². The van der Waals surface area contributed by atoms with Crippen LogP contribution in [0.25, 0.3) is 11.7 Å². The zero-order chi connectivity index (χ0) is 19.0. The van der Waals surface area contributed by atoms with Crippen molar-refractivity contribution in [3.8, 4) is 11.7 Å². The first-order valence-electron chi connectivity index (χ1n) is 8.70. The Labute approximate surface area is 157 Å². The van der Waals surface area contributed by atoms with Crippen LogP contribution >= 0.6 is 0 Å². The van der Waals surface area contributed by atoms with Crippen molar-refractivity contribution in [2.45, 2.75) is 36.0 Å².